The van der Waals surface area contributed by atoms with Gasteiger partial charge in [0.2, 0.25) is 0 Å². The number of rotatable bonds is 3. The zero-order chi connectivity index (χ0) is 10.7. The number of aromatic nitrogens is 1. The molecule has 0 aromatic carbocycles. The average molecular weight is 195 g/mol. The van der Waals surface area contributed by atoms with Gasteiger partial charge in [0.1, 0.15) is 11.4 Å². The normalized spacial score (nSPS) is 10.5. The lowest BCUT2D eigenvalue weighted by molar-refractivity contribution is -0.385. The van der Waals surface area contributed by atoms with Crippen LogP contribution in [0.15, 0.2) is 12.3 Å². The average Bonchev–Trinajstić information content (AvgIpc) is 2.01. The molecule has 0 atom stereocenters. The Bertz CT molecular complexity index is 350. The molecule has 5 nitrogen and oxygen atoms in total. The maximum atomic E-state index is 10.7. The Morgan fingerprint density at radius 3 is 2.79 bits per heavy atom. The Morgan fingerprint density at radius 2 is 2.29 bits per heavy atom. The molecular weight excluding hydrogens is 182 g/mol. The Morgan fingerprint density at radius 1 is 1.64 bits per heavy atom. The van der Waals surface area contributed by atoms with Crippen molar-refractivity contribution < 1.29 is 4.92 Å². The molecular formula is C9H13N3O2. The third-order valence-corrected chi connectivity index (χ3v) is 1.82. The van der Waals surface area contributed by atoms with Gasteiger partial charge in [-0.05, 0) is 18.4 Å². The van der Waals surface area contributed by atoms with Crippen LogP contribution in [0.25, 0.3) is 0 Å². The van der Waals surface area contributed by atoms with E-state index in [0.717, 1.165) is 0 Å². The van der Waals surface area contributed by atoms with Crippen LogP contribution >= 0.6 is 0 Å². The van der Waals surface area contributed by atoms with Crippen molar-refractivity contribution in [1.82, 2.24) is 4.98 Å². The van der Waals surface area contributed by atoms with E-state index in [-0.39, 0.29) is 11.4 Å². The van der Waals surface area contributed by atoms with E-state index < -0.39 is 4.92 Å². The summed E-state index contributed by atoms with van der Waals surface area (Å²) < 4.78 is 0. The fourth-order valence-electron chi connectivity index (χ4n) is 1.26. The molecule has 0 aliphatic carbocycles. The molecule has 1 aromatic heterocycles. The molecule has 1 heterocycles. The van der Waals surface area contributed by atoms with E-state index in [4.69, 9.17) is 5.73 Å². The first-order valence-corrected chi connectivity index (χ1v) is 4.40. The van der Waals surface area contributed by atoms with E-state index in [1.165, 1.54) is 12.3 Å². The molecule has 0 saturated carbocycles. The van der Waals surface area contributed by atoms with Gasteiger partial charge in [0.25, 0.3) is 0 Å². The molecule has 0 spiro atoms. The SMILES string of the molecule is CC(C)Cc1nccc(N)c1[N+](=O)[O-]. The number of pyridine rings is 1. The number of hydrogen-bond acceptors (Lipinski definition) is 4. The van der Waals surface area contributed by atoms with E-state index in [1.54, 1.807) is 0 Å². The zero-order valence-corrected chi connectivity index (χ0v) is 8.23. The van der Waals surface area contributed by atoms with Gasteiger partial charge < -0.3 is 5.73 Å². The van der Waals surface area contributed by atoms with Gasteiger partial charge in [0.15, 0.2) is 0 Å². The molecule has 1 rings (SSSR count). The number of nitrogens with two attached hydrogens (primary N) is 1. The molecule has 1 aromatic rings. The van der Waals surface area contributed by atoms with Gasteiger partial charge in [-0.1, -0.05) is 13.8 Å². The summed E-state index contributed by atoms with van der Waals surface area (Å²) in [7, 11) is 0. The van der Waals surface area contributed by atoms with Crippen LogP contribution in [0.2, 0.25) is 0 Å². The summed E-state index contributed by atoms with van der Waals surface area (Å²) in [4.78, 5) is 14.2. The third kappa shape index (κ3) is 2.18. The largest absolute Gasteiger partial charge is 0.393 e. The number of nitrogens with zero attached hydrogens (tertiary/aromatic N) is 2. The summed E-state index contributed by atoms with van der Waals surface area (Å²) in [6, 6.07) is 1.45. The lowest BCUT2D eigenvalue weighted by Gasteiger charge is -2.05. The summed E-state index contributed by atoms with van der Waals surface area (Å²) in [5, 5.41) is 10.7. The molecule has 76 valence electrons. The van der Waals surface area contributed by atoms with Gasteiger partial charge >= 0.3 is 5.69 Å². The number of hydrogen-bond donors (Lipinski definition) is 1. The highest BCUT2D eigenvalue weighted by atomic mass is 16.6. The minimum Gasteiger partial charge on any atom is -0.393 e. The van der Waals surface area contributed by atoms with E-state index in [9.17, 15) is 10.1 Å². The minimum absolute atomic E-state index is 0.0544. The minimum atomic E-state index is -0.472. The van der Waals surface area contributed by atoms with Crippen molar-refractivity contribution in [2.45, 2.75) is 20.3 Å². The molecule has 0 unspecified atom stereocenters. The van der Waals surface area contributed by atoms with Gasteiger partial charge in [-0.3, -0.25) is 15.1 Å². The van der Waals surface area contributed by atoms with Crippen molar-refractivity contribution in [3.8, 4) is 0 Å². The second-order valence-electron chi connectivity index (χ2n) is 3.55. The van der Waals surface area contributed by atoms with Crippen molar-refractivity contribution in [2.24, 2.45) is 5.92 Å². The van der Waals surface area contributed by atoms with Crippen LogP contribution in [-0.2, 0) is 6.42 Å². The zero-order valence-electron chi connectivity index (χ0n) is 8.23. The maximum absolute atomic E-state index is 10.7. The predicted octanol–water partition coefficient (Wildman–Crippen LogP) is 1.77. The summed E-state index contributed by atoms with van der Waals surface area (Å²) in [5.74, 6) is 0.322. The summed E-state index contributed by atoms with van der Waals surface area (Å²) in [6.07, 6.45) is 2.07. The summed E-state index contributed by atoms with van der Waals surface area (Å²) in [5.41, 5.74) is 6.11. The fourth-order valence-corrected chi connectivity index (χ4v) is 1.26. The van der Waals surface area contributed by atoms with Gasteiger partial charge in [-0.25, -0.2) is 0 Å². The van der Waals surface area contributed by atoms with E-state index in [2.05, 4.69) is 4.98 Å². The van der Waals surface area contributed by atoms with Crippen molar-refractivity contribution >= 4 is 11.4 Å². The predicted molar refractivity (Wildman–Crippen MR) is 53.8 cm³/mol. The standard InChI is InChI=1S/C9H13N3O2/c1-6(2)5-8-9(12(13)14)7(10)3-4-11-8/h3-4,6H,5H2,1-2H3,(H2,10,11). The van der Waals surface area contributed by atoms with Crippen LogP contribution in [0, 0.1) is 16.0 Å². The van der Waals surface area contributed by atoms with Crippen LogP contribution < -0.4 is 5.73 Å². The first-order valence-electron chi connectivity index (χ1n) is 4.40. The van der Waals surface area contributed by atoms with E-state index in [1.807, 2.05) is 13.8 Å². The number of anilines is 1. The lowest BCUT2D eigenvalue weighted by atomic mass is 10.1. The highest BCUT2D eigenvalue weighted by Gasteiger charge is 2.19. The Labute approximate surface area is 82.1 Å². The first-order chi connectivity index (χ1) is 6.52. The molecule has 0 fully saturated rings. The van der Waals surface area contributed by atoms with Crippen LogP contribution in [0.3, 0.4) is 0 Å². The quantitative estimate of drug-likeness (QED) is 0.588. The maximum Gasteiger partial charge on any atom is 0.313 e. The van der Waals surface area contributed by atoms with E-state index >= 15 is 0 Å². The lowest BCUT2D eigenvalue weighted by Crippen LogP contribution is -2.05. The smallest absolute Gasteiger partial charge is 0.313 e. The van der Waals surface area contributed by atoms with Crippen molar-refractivity contribution in [3.05, 3.63) is 28.1 Å². The van der Waals surface area contributed by atoms with Gasteiger partial charge in [-0.2, -0.15) is 0 Å². The highest BCUT2D eigenvalue weighted by molar-refractivity contribution is 5.59. The molecule has 0 aliphatic heterocycles. The van der Waals surface area contributed by atoms with Gasteiger partial charge in [-0.15, -0.1) is 0 Å². The molecule has 0 radical (unpaired) electrons. The topological polar surface area (TPSA) is 82.0 Å². The van der Waals surface area contributed by atoms with Crippen LogP contribution in [-0.4, -0.2) is 9.91 Å². The number of nitrogen functional groups attached to an aromatic ring is 1. The van der Waals surface area contributed by atoms with Crippen molar-refractivity contribution in [2.75, 3.05) is 5.73 Å². The Balaban J connectivity index is 3.14. The van der Waals surface area contributed by atoms with Gasteiger partial charge in [0.05, 0.1) is 4.92 Å². The van der Waals surface area contributed by atoms with Crippen LogP contribution in [0.5, 0.6) is 0 Å². The molecule has 0 bridgehead atoms. The van der Waals surface area contributed by atoms with Crippen LogP contribution in [0.4, 0.5) is 11.4 Å². The first kappa shape index (κ1) is 10.4. The molecule has 0 amide bonds. The second kappa shape index (κ2) is 4.04. The number of nitro groups is 1. The Kier molecular flexibility index (Phi) is 3.01. The second-order valence-corrected chi connectivity index (χ2v) is 3.55. The molecule has 14 heavy (non-hydrogen) atoms. The van der Waals surface area contributed by atoms with Crippen molar-refractivity contribution in [1.29, 1.82) is 0 Å². The fraction of sp³-hybridized carbons (Fsp3) is 0.444. The van der Waals surface area contributed by atoms with Crippen molar-refractivity contribution in [3.63, 3.8) is 0 Å². The monoisotopic (exact) mass is 195 g/mol. The van der Waals surface area contributed by atoms with Crippen LogP contribution in [0.1, 0.15) is 19.5 Å². The summed E-state index contributed by atoms with van der Waals surface area (Å²) in [6.45, 7) is 3.96. The third-order valence-electron chi connectivity index (χ3n) is 1.82. The highest BCUT2D eigenvalue weighted by Crippen LogP contribution is 2.25. The molecule has 0 saturated heterocycles. The van der Waals surface area contributed by atoms with E-state index in [0.29, 0.717) is 18.0 Å². The molecule has 0 aliphatic rings. The summed E-state index contributed by atoms with van der Waals surface area (Å²) >= 11 is 0. The molecule has 5 heteroatoms. The Hall–Kier alpha value is -1.65. The molecule has 2 N–H and O–H groups in total. The van der Waals surface area contributed by atoms with Gasteiger partial charge in [0, 0.05) is 6.20 Å².